The zero-order valence-electron chi connectivity index (χ0n) is 11.1. The van der Waals surface area contributed by atoms with Crippen molar-refractivity contribution in [3.8, 4) is 0 Å². The molecule has 0 spiro atoms. The molecule has 0 amide bonds. The van der Waals surface area contributed by atoms with Crippen molar-refractivity contribution in [1.29, 1.82) is 0 Å². The van der Waals surface area contributed by atoms with E-state index in [0.717, 1.165) is 0 Å². The second-order valence-electron chi connectivity index (χ2n) is 4.38. The molecule has 110 valence electrons. The predicted molar refractivity (Wildman–Crippen MR) is 75.0 cm³/mol. The van der Waals surface area contributed by atoms with Gasteiger partial charge in [-0.1, -0.05) is 0 Å². The van der Waals surface area contributed by atoms with Gasteiger partial charge in [0, 0.05) is 33.0 Å². The smallest absolute Gasteiger partial charge is 0.183 e. The fourth-order valence-electron chi connectivity index (χ4n) is 1.88. The Kier molecular flexibility index (Phi) is 7.42. The van der Waals surface area contributed by atoms with E-state index in [1.807, 2.05) is 0 Å². The van der Waals surface area contributed by atoms with Gasteiger partial charge in [-0.3, -0.25) is 0 Å². The Hall–Kier alpha value is 0.475. The summed E-state index contributed by atoms with van der Waals surface area (Å²) in [5.74, 6) is 0. The van der Waals surface area contributed by atoms with Crippen LogP contribution >= 0.6 is 6.49 Å². The molecule has 3 unspecified atom stereocenters. The number of hydrogen-bond donors (Lipinski definition) is 2. The molecule has 6 nitrogen and oxygen atoms in total. The van der Waals surface area contributed by atoms with E-state index in [1.165, 1.54) is 13.8 Å². The number of hydrogen-bond acceptors (Lipinski definition) is 6. The Morgan fingerprint density at radius 1 is 1.42 bits per heavy atom. The zero-order chi connectivity index (χ0) is 14.5. The van der Waals surface area contributed by atoms with Gasteiger partial charge in [0.1, 0.15) is 26.2 Å². The third kappa shape index (κ3) is 5.77. The summed E-state index contributed by atoms with van der Waals surface area (Å²) < 4.78 is 21.6. The summed E-state index contributed by atoms with van der Waals surface area (Å²) in [5.41, 5.74) is 0. The summed E-state index contributed by atoms with van der Waals surface area (Å²) in [7, 11) is 7.38. The van der Waals surface area contributed by atoms with Crippen molar-refractivity contribution in [3.63, 3.8) is 0 Å². The molecule has 5 atom stereocenters. The van der Waals surface area contributed by atoms with Gasteiger partial charge in [0.15, 0.2) is 6.49 Å². The lowest BCUT2D eigenvalue weighted by atomic mass is 9.93. The lowest BCUT2D eigenvalue weighted by molar-refractivity contribution is -0.0224. The lowest BCUT2D eigenvalue weighted by Crippen LogP contribution is -2.38. The molecule has 1 aliphatic rings. The molecule has 1 heterocycles. The predicted octanol–water partition coefficient (Wildman–Crippen LogP) is -0.389. The van der Waals surface area contributed by atoms with Gasteiger partial charge in [0.2, 0.25) is 0 Å². The molecule has 1 fully saturated rings. The Morgan fingerprint density at radius 2 is 2.11 bits per heavy atom. The van der Waals surface area contributed by atoms with Gasteiger partial charge < -0.3 is 28.7 Å². The van der Waals surface area contributed by atoms with E-state index in [2.05, 4.69) is 0 Å². The van der Waals surface area contributed by atoms with E-state index in [0.29, 0.717) is 13.0 Å². The average molecular weight is 310 g/mol. The maximum Gasteiger partial charge on any atom is 0.183 e. The SMILES string of the molecule is [B][C@@H]1O[C@H](COC)C(OP(C)(O)=S)C1OCCCO. The van der Waals surface area contributed by atoms with E-state index in [4.69, 9.17) is 43.5 Å². The van der Waals surface area contributed by atoms with E-state index < -0.39 is 30.8 Å². The van der Waals surface area contributed by atoms with Crippen LogP contribution in [-0.4, -0.2) is 75.8 Å². The number of ether oxygens (including phenoxy) is 3. The molecule has 0 aromatic carbocycles. The molecule has 1 aliphatic heterocycles. The first-order chi connectivity index (χ1) is 8.89. The first-order valence-corrected chi connectivity index (χ1v) is 9.12. The standard InChI is InChI=1S/C10H20BO6PS/c1-14-6-7-8(17-18(2,13)19)9(10(11)16-7)15-5-3-4-12/h7-10,12H,3-6H2,1-2H3,(H,13,19)/t7-,8?,9?,10-,18?/m1/s1. The van der Waals surface area contributed by atoms with Gasteiger partial charge in [-0.05, 0) is 18.2 Å². The highest BCUT2D eigenvalue weighted by Crippen LogP contribution is 2.43. The van der Waals surface area contributed by atoms with Crippen molar-refractivity contribution in [2.75, 3.05) is 33.6 Å². The van der Waals surface area contributed by atoms with Crippen molar-refractivity contribution >= 4 is 26.1 Å². The van der Waals surface area contributed by atoms with Gasteiger partial charge in [0.25, 0.3) is 0 Å². The van der Waals surface area contributed by atoms with Crippen LogP contribution in [0.4, 0.5) is 0 Å². The Morgan fingerprint density at radius 3 is 2.63 bits per heavy atom. The number of methoxy groups -OCH3 is 1. The summed E-state index contributed by atoms with van der Waals surface area (Å²) in [6.07, 6.45) is -1.06. The van der Waals surface area contributed by atoms with Crippen LogP contribution in [0.5, 0.6) is 0 Å². The van der Waals surface area contributed by atoms with Crippen LogP contribution in [0.25, 0.3) is 0 Å². The third-order valence-corrected chi connectivity index (χ3v) is 3.50. The monoisotopic (exact) mass is 310 g/mol. The van der Waals surface area contributed by atoms with E-state index in [1.54, 1.807) is 0 Å². The van der Waals surface area contributed by atoms with Crippen LogP contribution in [0, 0.1) is 0 Å². The second-order valence-corrected chi connectivity index (χ2v) is 8.23. The number of aliphatic hydroxyl groups is 1. The molecule has 0 bridgehead atoms. The van der Waals surface area contributed by atoms with Gasteiger partial charge >= 0.3 is 0 Å². The van der Waals surface area contributed by atoms with Crippen molar-refractivity contribution < 1.29 is 28.7 Å². The largest absolute Gasteiger partial charge is 0.396 e. The lowest BCUT2D eigenvalue weighted by Gasteiger charge is -2.26. The molecule has 9 heteroatoms. The summed E-state index contributed by atoms with van der Waals surface area (Å²) in [5, 5.41) is 8.75. The Balaban J connectivity index is 2.70. The van der Waals surface area contributed by atoms with E-state index in [-0.39, 0.29) is 13.2 Å². The number of aliphatic hydroxyl groups excluding tert-OH is 1. The van der Waals surface area contributed by atoms with Crippen LogP contribution in [0.3, 0.4) is 0 Å². The molecule has 0 aromatic heterocycles. The van der Waals surface area contributed by atoms with Crippen molar-refractivity contribution in [3.05, 3.63) is 0 Å². The average Bonchev–Trinajstić information content (AvgIpc) is 2.56. The molecule has 1 rings (SSSR count). The molecule has 2 radical (unpaired) electrons. The van der Waals surface area contributed by atoms with Crippen molar-refractivity contribution in [2.24, 2.45) is 0 Å². The van der Waals surface area contributed by atoms with Crippen molar-refractivity contribution in [2.45, 2.75) is 30.7 Å². The summed E-state index contributed by atoms with van der Waals surface area (Å²) >= 11 is 4.90. The van der Waals surface area contributed by atoms with Gasteiger partial charge in [-0.25, -0.2) is 0 Å². The second kappa shape index (κ2) is 8.05. The fourth-order valence-corrected chi connectivity index (χ4v) is 2.89. The van der Waals surface area contributed by atoms with Gasteiger partial charge in [-0.2, -0.15) is 0 Å². The minimum atomic E-state index is -2.87. The highest BCUT2D eigenvalue weighted by Gasteiger charge is 2.45. The highest BCUT2D eigenvalue weighted by molar-refractivity contribution is 8.09. The first kappa shape index (κ1) is 17.5. The van der Waals surface area contributed by atoms with Crippen LogP contribution in [0.1, 0.15) is 6.42 Å². The molecule has 2 N–H and O–H groups in total. The van der Waals surface area contributed by atoms with Crippen LogP contribution < -0.4 is 0 Å². The fraction of sp³-hybridized carbons (Fsp3) is 1.00. The molecule has 0 aliphatic carbocycles. The quantitative estimate of drug-likeness (QED) is 0.359. The Labute approximate surface area is 120 Å². The molecule has 1 saturated heterocycles. The van der Waals surface area contributed by atoms with Crippen LogP contribution in [0.15, 0.2) is 0 Å². The molecule has 0 saturated carbocycles. The summed E-state index contributed by atoms with van der Waals surface area (Å²) in [6.45, 7) is -0.777. The summed E-state index contributed by atoms with van der Waals surface area (Å²) in [6, 6.07) is -0.676. The normalized spacial score (nSPS) is 34.3. The molecule has 0 aromatic rings. The molecule has 19 heavy (non-hydrogen) atoms. The van der Waals surface area contributed by atoms with Crippen LogP contribution in [-0.2, 0) is 30.5 Å². The topological polar surface area (TPSA) is 77.4 Å². The third-order valence-electron chi connectivity index (χ3n) is 2.61. The summed E-state index contributed by atoms with van der Waals surface area (Å²) in [4.78, 5) is 9.71. The van der Waals surface area contributed by atoms with E-state index in [9.17, 15) is 4.89 Å². The maximum absolute atomic E-state index is 9.71. The first-order valence-electron chi connectivity index (χ1n) is 6.00. The molecular weight excluding hydrogens is 290 g/mol. The van der Waals surface area contributed by atoms with E-state index >= 15 is 0 Å². The minimum absolute atomic E-state index is 0.0294. The van der Waals surface area contributed by atoms with Gasteiger partial charge in [-0.15, -0.1) is 0 Å². The van der Waals surface area contributed by atoms with Gasteiger partial charge in [0.05, 0.1) is 6.61 Å². The zero-order valence-corrected chi connectivity index (χ0v) is 12.8. The minimum Gasteiger partial charge on any atom is -0.396 e. The van der Waals surface area contributed by atoms with Crippen LogP contribution in [0.2, 0.25) is 0 Å². The maximum atomic E-state index is 9.71. The Bertz CT molecular complexity index is 314. The highest BCUT2D eigenvalue weighted by atomic mass is 32.5. The molecular formula is C10H20BO6PS. The number of rotatable bonds is 8. The van der Waals surface area contributed by atoms with Crippen molar-refractivity contribution in [1.82, 2.24) is 0 Å².